The van der Waals surface area contributed by atoms with E-state index < -0.39 is 11.2 Å². The number of carbonyl (C=O) groups is 1. The van der Waals surface area contributed by atoms with E-state index in [4.69, 9.17) is 4.74 Å². The van der Waals surface area contributed by atoms with Gasteiger partial charge in [0.2, 0.25) is 5.91 Å². The minimum Gasteiger partial charge on any atom is -0.496 e. The van der Waals surface area contributed by atoms with Crippen LogP contribution in [0.3, 0.4) is 0 Å². The largest absolute Gasteiger partial charge is 0.496 e. The molecule has 0 saturated heterocycles. The molecule has 9 heteroatoms. The van der Waals surface area contributed by atoms with Crippen molar-refractivity contribution in [1.29, 1.82) is 0 Å². The van der Waals surface area contributed by atoms with E-state index in [0.717, 1.165) is 10.0 Å². The maximum atomic E-state index is 11.8. The predicted octanol–water partition coefficient (Wildman–Crippen LogP) is 1.23. The second kappa shape index (κ2) is 8.43. The number of aromatic amines is 2. The zero-order valence-corrected chi connectivity index (χ0v) is 15.3. The van der Waals surface area contributed by atoms with Crippen LogP contribution in [0.5, 0.6) is 5.75 Å². The van der Waals surface area contributed by atoms with Crippen molar-refractivity contribution in [3.8, 4) is 5.75 Å². The summed E-state index contributed by atoms with van der Waals surface area (Å²) in [7, 11) is 1.57. The van der Waals surface area contributed by atoms with Gasteiger partial charge in [-0.1, -0.05) is 0 Å². The SMILES string of the molecule is COc1ccc(/C=N/NC(=O)CCc2c(C)[nH]c(=O)[nH]c2=O)cc1Br. The van der Waals surface area contributed by atoms with Gasteiger partial charge < -0.3 is 9.72 Å². The summed E-state index contributed by atoms with van der Waals surface area (Å²) in [4.78, 5) is 39.3. The third-order valence-electron chi connectivity index (χ3n) is 3.44. The predicted molar refractivity (Wildman–Crippen MR) is 97.2 cm³/mol. The fourth-order valence-electron chi connectivity index (χ4n) is 2.16. The summed E-state index contributed by atoms with van der Waals surface area (Å²) in [5.74, 6) is 0.358. The Bertz CT molecular complexity index is 917. The lowest BCUT2D eigenvalue weighted by atomic mass is 10.1. The molecule has 25 heavy (non-hydrogen) atoms. The first kappa shape index (κ1) is 18.7. The molecule has 0 atom stereocenters. The molecule has 1 amide bonds. The van der Waals surface area contributed by atoms with E-state index in [2.05, 4.69) is 36.4 Å². The Labute approximate surface area is 151 Å². The number of benzene rings is 1. The molecule has 0 bridgehead atoms. The Hall–Kier alpha value is -2.68. The number of hydrazone groups is 1. The molecule has 3 N–H and O–H groups in total. The molecule has 2 rings (SSSR count). The summed E-state index contributed by atoms with van der Waals surface area (Å²) >= 11 is 3.37. The van der Waals surface area contributed by atoms with E-state index in [1.807, 2.05) is 0 Å². The summed E-state index contributed by atoms with van der Waals surface area (Å²) in [6, 6.07) is 5.37. The van der Waals surface area contributed by atoms with Crippen molar-refractivity contribution in [2.24, 2.45) is 5.10 Å². The first-order valence-electron chi connectivity index (χ1n) is 7.38. The van der Waals surface area contributed by atoms with Crippen LogP contribution in [0.1, 0.15) is 23.2 Å². The molecule has 1 aromatic carbocycles. The monoisotopic (exact) mass is 408 g/mol. The molecule has 2 aromatic rings. The number of methoxy groups -OCH3 is 1. The van der Waals surface area contributed by atoms with E-state index >= 15 is 0 Å². The minimum atomic E-state index is -0.564. The van der Waals surface area contributed by atoms with Crippen LogP contribution < -0.4 is 21.4 Å². The maximum Gasteiger partial charge on any atom is 0.325 e. The van der Waals surface area contributed by atoms with Gasteiger partial charge >= 0.3 is 5.69 Å². The number of hydrogen-bond donors (Lipinski definition) is 3. The normalized spacial score (nSPS) is 10.8. The van der Waals surface area contributed by atoms with Gasteiger partial charge in [0.05, 0.1) is 17.8 Å². The van der Waals surface area contributed by atoms with Gasteiger partial charge in [-0.25, -0.2) is 10.2 Å². The van der Waals surface area contributed by atoms with Crippen molar-refractivity contribution in [3.05, 3.63) is 60.3 Å². The fourth-order valence-corrected chi connectivity index (χ4v) is 2.72. The Kier molecular flexibility index (Phi) is 6.29. The third-order valence-corrected chi connectivity index (χ3v) is 4.06. The lowest BCUT2D eigenvalue weighted by Crippen LogP contribution is -2.28. The highest BCUT2D eigenvalue weighted by atomic mass is 79.9. The van der Waals surface area contributed by atoms with Crippen molar-refractivity contribution in [1.82, 2.24) is 15.4 Å². The summed E-state index contributed by atoms with van der Waals surface area (Å²) in [5, 5.41) is 3.88. The van der Waals surface area contributed by atoms with Crippen LogP contribution >= 0.6 is 15.9 Å². The van der Waals surface area contributed by atoms with Gasteiger partial charge in [0.15, 0.2) is 0 Å². The second-order valence-corrected chi connectivity index (χ2v) is 6.05. The molecular weight excluding hydrogens is 392 g/mol. The number of H-pyrrole nitrogens is 2. The van der Waals surface area contributed by atoms with Gasteiger partial charge in [-0.3, -0.25) is 14.6 Å². The van der Waals surface area contributed by atoms with Crippen molar-refractivity contribution in [2.45, 2.75) is 19.8 Å². The van der Waals surface area contributed by atoms with Crippen molar-refractivity contribution >= 4 is 28.1 Å². The number of nitrogens with zero attached hydrogens (tertiary/aromatic N) is 1. The Morgan fingerprint density at radius 3 is 2.76 bits per heavy atom. The second-order valence-electron chi connectivity index (χ2n) is 5.20. The van der Waals surface area contributed by atoms with Gasteiger partial charge in [-0.2, -0.15) is 5.10 Å². The van der Waals surface area contributed by atoms with E-state index in [-0.39, 0.29) is 18.7 Å². The standard InChI is InChI=1S/C16H17BrN4O4/c1-9-11(15(23)20-16(24)19-9)4-6-14(22)21-18-8-10-3-5-13(25-2)12(17)7-10/h3,5,7-8H,4,6H2,1-2H3,(H,21,22)(H2,19,20,23,24)/b18-8+. The van der Waals surface area contributed by atoms with Crippen LogP contribution in [0.25, 0.3) is 0 Å². The molecule has 0 aliphatic carbocycles. The zero-order chi connectivity index (χ0) is 18.4. The third kappa shape index (κ3) is 5.15. The molecule has 0 radical (unpaired) electrons. The molecule has 0 fully saturated rings. The van der Waals surface area contributed by atoms with Crippen LogP contribution in [0.15, 0.2) is 37.4 Å². The number of amides is 1. The van der Waals surface area contributed by atoms with E-state index in [9.17, 15) is 14.4 Å². The number of halogens is 1. The summed E-state index contributed by atoms with van der Waals surface area (Å²) in [6.07, 6.45) is 1.77. The molecule has 0 saturated carbocycles. The van der Waals surface area contributed by atoms with Crippen molar-refractivity contribution in [3.63, 3.8) is 0 Å². The number of hydrogen-bond acceptors (Lipinski definition) is 5. The number of ether oxygens (including phenoxy) is 1. The quantitative estimate of drug-likeness (QED) is 0.492. The number of aryl methyl sites for hydroxylation is 1. The van der Waals surface area contributed by atoms with Crippen LogP contribution in [-0.4, -0.2) is 29.2 Å². The molecule has 8 nitrogen and oxygen atoms in total. The van der Waals surface area contributed by atoms with Gasteiger partial charge in [0.1, 0.15) is 5.75 Å². The molecule has 0 unspecified atom stereocenters. The zero-order valence-electron chi connectivity index (χ0n) is 13.7. The van der Waals surface area contributed by atoms with E-state index in [0.29, 0.717) is 17.0 Å². The van der Waals surface area contributed by atoms with E-state index in [1.165, 1.54) is 6.21 Å². The first-order chi connectivity index (χ1) is 11.9. The molecule has 132 valence electrons. The first-order valence-corrected chi connectivity index (χ1v) is 8.17. The molecular formula is C16H17BrN4O4. The van der Waals surface area contributed by atoms with Gasteiger partial charge in [0, 0.05) is 17.7 Å². The van der Waals surface area contributed by atoms with Gasteiger partial charge in [0.25, 0.3) is 5.56 Å². The number of aromatic nitrogens is 2. The smallest absolute Gasteiger partial charge is 0.325 e. The number of rotatable bonds is 6. The Morgan fingerprint density at radius 1 is 1.36 bits per heavy atom. The van der Waals surface area contributed by atoms with Gasteiger partial charge in [-0.15, -0.1) is 0 Å². The molecule has 0 spiro atoms. The summed E-state index contributed by atoms with van der Waals surface area (Å²) < 4.78 is 5.91. The van der Waals surface area contributed by atoms with Crippen LogP contribution in [0, 0.1) is 6.92 Å². The summed E-state index contributed by atoms with van der Waals surface area (Å²) in [5.41, 5.74) is 2.95. The van der Waals surface area contributed by atoms with Gasteiger partial charge in [-0.05, 0) is 53.0 Å². The maximum absolute atomic E-state index is 11.8. The van der Waals surface area contributed by atoms with Crippen LogP contribution in [0.2, 0.25) is 0 Å². The molecule has 0 aliphatic heterocycles. The highest BCUT2D eigenvalue weighted by Crippen LogP contribution is 2.24. The average Bonchev–Trinajstić information content (AvgIpc) is 2.54. The fraction of sp³-hybridized carbons (Fsp3) is 0.250. The molecule has 1 aromatic heterocycles. The lowest BCUT2D eigenvalue weighted by molar-refractivity contribution is -0.121. The highest BCUT2D eigenvalue weighted by molar-refractivity contribution is 9.10. The van der Waals surface area contributed by atoms with Crippen molar-refractivity contribution in [2.75, 3.05) is 7.11 Å². The average molecular weight is 409 g/mol. The minimum absolute atomic E-state index is 0.0691. The number of nitrogens with one attached hydrogen (secondary N) is 3. The number of carbonyl (C=O) groups excluding carboxylic acids is 1. The Balaban J connectivity index is 1.92. The highest BCUT2D eigenvalue weighted by Gasteiger charge is 2.08. The van der Waals surface area contributed by atoms with E-state index in [1.54, 1.807) is 32.2 Å². The molecule has 0 aliphatic rings. The van der Waals surface area contributed by atoms with Crippen molar-refractivity contribution < 1.29 is 9.53 Å². The molecule has 1 heterocycles. The topological polar surface area (TPSA) is 116 Å². The van der Waals surface area contributed by atoms with Crippen LogP contribution in [-0.2, 0) is 11.2 Å². The lowest BCUT2D eigenvalue weighted by Gasteiger charge is -2.04. The Morgan fingerprint density at radius 2 is 2.12 bits per heavy atom. The van der Waals surface area contributed by atoms with Crippen LogP contribution in [0.4, 0.5) is 0 Å². The summed E-state index contributed by atoms with van der Waals surface area (Å²) in [6.45, 7) is 1.61.